The van der Waals surface area contributed by atoms with Crippen molar-refractivity contribution in [1.82, 2.24) is 10.6 Å². The number of amides is 2. The Balaban J connectivity index is 1.76. The van der Waals surface area contributed by atoms with Gasteiger partial charge in [-0.1, -0.05) is 6.07 Å². The first-order valence-corrected chi connectivity index (χ1v) is 7.39. The van der Waals surface area contributed by atoms with Crippen molar-refractivity contribution in [3.63, 3.8) is 0 Å². The molecule has 1 atom stereocenters. The lowest BCUT2D eigenvalue weighted by Crippen LogP contribution is -2.36. The lowest BCUT2D eigenvalue weighted by Gasteiger charge is -2.25. The Morgan fingerprint density at radius 2 is 2.18 bits per heavy atom. The molecule has 0 aromatic heterocycles. The number of benzene rings is 1. The maximum absolute atomic E-state index is 11.7. The number of carbonyl (C=O) groups is 2. The Morgan fingerprint density at radius 3 is 2.91 bits per heavy atom. The number of fused-ring (bicyclic) bond motifs is 1. The molecule has 1 heterocycles. The van der Waals surface area contributed by atoms with Gasteiger partial charge >= 0.3 is 0 Å². The van der Waals surface area contributed by atoms with Crippen LogP contribution in [0.25, 0.3) is 0 Å². The van der Waals surface area contributed by atoms with Gasteiger partial charge in [0.1, 0.15) is 11.5 Å². The second-order valence-electron chi connectivity index (χ2n) is 5.39. The Hall–Kier alpha value is -2.24. The van der Waals surface area contributed by atoms with Crippen LogP contribution in [-0.2, 0) is 16.0 Å². The number of carbonyl (C=O) groups excluding carboxylic acids is 2. The molecule has 1 aliphatic heterocycles. The molecule has 0 spiro atoms. The van der Waals surface area contributed by atoms with Crippen molar-refractivity contribution in [1.29, 1.82) is 0 Å². The minimum atomic E-state index is -0.125. The predicted molar refractivity (Wildman–Crippen MR) is 82.0 cm³/mol. The van der Waals surface area contributed by atoms with E-state index in [0.29, 0.717) is 26.1 Å². The van der Waals surface area contributed by atoms with Crippen LogP contribution >= 0.6 is 0 Å². The van der Waals surface area contributed by atoms with Crippen LogP contribution in [0.2, 0.25) is 0 Å². The van der Waals surface area contributed by atoms with E-state index < -0.39 is 0 Å². The van der Waals surface area contributed by atoms with E-state index >= 15 is 0 Å². The molecule has 1 aliphatic rings. The van der Waals surface area contributed by atoms with E-state index in [0.717, 1.165) is 23.5 Å². The average Bonchev–Trinajstić information content (AvgIpc) is 2.51. The first kappa shape index (κ1) is 16.1. The summed E-state index contributed by atoms with van der Waals surface area (Å²) >= 11 is 0. The first-order valence-electron chi connectivity index (χ1n) is 7.39. The minimum Gasteiger partial charge on any atom is -0.497 e. The van der Waals surface area contributed by atoms with E-state index in [-0.39, 0.29) is 17.7 Å². The fraction of sp³-hybridized carbons (Fsp3) is 0.500. The molecule has 0 bridgehead atoms. The molecule has 6 nitrogen and oxygen atoms in total. The molecular formula is C16H22N2O4. The summed E-state index contributed by atoms with van der Waals surface area (Å²) in [4.78, 5) is 22.4. The van der Waals surface area contributed by atoms with E-state index in [1.807, 2.05) is 18.2 Å². The van der Waals surface area contributed by atoms with Crippen LogP contribution in [0, 0.1) is 5.92 Å². The van der Waals surface area contributed by atoms with Crippen LogP contribution in [0.5, 0.6) is 11.5 Å². The Bertz CT molecular complexity index is 545. The number of methoxy groups -OCH3 is 1. The zero-order valence-electron chi connectivity index (χ0n) is 13.0. The van der Waals surface area contributed by atoms with Crippen LogP contribution in [-0.4, -0.2) is 38.6 Å². The third-order valence-corrected chi connectivity index (χ3v) is 3.57. The fourth-order valence-electron chi connectivity index (χ4n) is 2.37. The van der Waals surface area contributed by atoms with Crippen molar-refractivity contribution < 1.29 is 19.1 Å². The summed E-state index contributed by atoms with van der Waals surface area (Å²) in [7, 11) is 1.63. The van der Waals surface area contributed by atoms with Gasteiger partial charge in [0.05, 0.1) is 13.7 Å². The highest BCUT2D eigenvalue weighted by Crippen LogP contribution is 2.30. The molecule has 0 saturated heterocycles. The van der Waals surface area contributed by atoms with Crippen LogP contribution < -0.4 is 20.1 Å². The number of hydrogen-bond acceptors (Lipinski definition) is 4. The summed E-state index contributed by atoms with van der Waals surface area (Å²) in [5, 5.41) is 5.49. The van der Waals surface area contributed by atoms with Crippen molar-refractivity contribution in [2.24, 2.45) is 5.92 Å². The third kappa shape index (κ3) is 4.65. The SMILES string of the molecule is COc1ccc2c(c1)OC[C@H](CNC(=O)CCNC(C)=O)C2. The molecule has 6 heteroatoms. The average molecular weight is 306 g/mol. The largest absolute Gasteiger partial charge is 0.497 e. The van der Waals surface area contributed by atoms with Crippen molar-refractivity contribution >= 4 is 11.8 Å². The van der Waals surface area contributed by atoms with Crippen LogP contribution in [0.15, 0.2) is 18.2 Å². The maximum atomic E-state index is 11.7. The van der Waals surface area contributed by atoms with Gasteiger partial charge in [0.25, 0.3) is 0 Å². The molecule has 0 fully saturated rings. The quantitative estimate of drug-likeness (QED) is 0.818. The molecule has 2 amide bonds. The number of nitrogens with one attached hydrogen (secondary N) is 2. The number of ether oxygens (including phenoxy) is 2. The summed E-state index contributed by atoms with van der Waals surface area (Å²) in [6.45, 7) is 2.95. The summed E-state index contributed by atoms with van der Waals surface area (Å²) in [6, 6.07) is 5.80. The standard InChI is InChI=1S/C16H22N2O4/c1-11(19)17-6-5-16(20)18-9-12-7-13-3-4-14(21-2)8-15(13)22-10-12/h3-4,8,12H,5-7,9-10H2,1-2H3,(H,17,19)(H,18,20)/t12-/m0/s1. The summed E-state index contributed by atoms with van der Waals surface area (Å²) in [5.41, 5.74) is 1.13. The highest BCUT2D eigenvalue weighted by atomic mass is 16.5. The van der Waals surface area contributed by atoms with E-state index in [4.69, 9.17) is 9.47 Å². The van der Waals surface area contributed by atoms with Crippen molar-refractivity contribution in [3.05, 3.63) is 23.8 Å². The predicted octanol–water partition coefficient (Wildman–Crippen LogP) is 0.889. The Morgan fingerprint density at radius 1 is 1.36 bits per heavy atom. The molecular weight excluding hydrogens is 284 g/mol. The Labute approximate surface area is 130 Å². The van der Waals surface area contributed by atoms with Crippen LogP contribution in [0.3, 0.4) is 0 Å². The van der Waals surface area contributed by atoms with Gasteiger partial charge in [0.15, 0.2) is 0 Å². The van der Waals surface area contributed by atoms with Crippen LogP contribution in [0.4, 0.5) is 0 Å². The normalized spacial score (nSPS) is 16.2. The molecule has 0 unspecified atom stereocenters. The van der Waals surface area contributed by atoms with Gasteiger partial charge in [-0.05, 0) is 18.1 Å². The fourth-order valence-corrected chi connectivity index (χ4v) is 2.37. The maximum Gasteiger partial charge on any atom is 0.221 e. The summed E-state index contributed by atoms with van der Waals surface area (Å²) < 4.78 is 10.9. The Kier molecular flexibility index (Phi) is 5.63. The van der Waals surface area contributed by atoms with Gasteiger partial charge in [-0.3, -0.25) is 9.59 Å². The lowest BCUT2D eigenvalue weighted by molar-refractivity contribution is -0.121. The van der Waals surface area contributed by atoms with Gasteiger partial charge in [0.2, 0.25) is 11.8 Å². The van der Waals surface area contributed by atoms with Crippen molar-refractivity contribution in [3.8, 4) is 11.5 Å². The first-order chi connectivity index (χ1) is 10.6. The monoisotopic (exact) mass is 306 g/mol. The van der Waals surface area contributed by atoms with Gasteiger partial charge in [-0.25, -0.2) is 0 Å². The van der Waals surface area contributed by atoms with E-state index in [1.165, 1.54) is 6.92 Å². The molecule has 0 saturated carbocycles. The highest BCUT2D eigenvalue weighted by molar-refractivity contribution is 5.77. The lowest BCUT2D eigenvalue weighted by atomic mass is 9.96. The summed E-state index contributed by atoms with van der Waals surface area (Å²) in [6.07, 6.45) is 1.16. The molecule has 2 N–H and O–H groups in total. The van der Waals surface area contributed by atoms with Gasteiger partial charge in [0, 0.05) is 38.4 Å². The molecule has 0 radical (unpaired) electrons. The molecule has 120 valence electrons. The molecule has 22 heavy (non-hydrogen) atoms. The van der Waals surface area contributed by atoms with Gasteiger partial charge in [-0.15, -0.1) is 0 Å². The second-order valence-corrected chi connectivity index (χ2v) is 5.39. The number of rotatable bonds is 6. The molecule has 2 rings (SSSR count). The number of hydrogen-bond donors (Lipinski definition) is 2. The molecule has 1 aromatic carbocycles. The third-order valence-electron chi connectivity index (χ3n) is 3.57. The van der Waals surface area contributed by atoms with Crippen LogP contribution in [0.1, 0.15) is 18.9 Å². The smallest absolute Gasteiger partial charge is 0.221 e. The summed E-state index contributed by atoms with van der Waals surface area (Å²) in [5.74, 6) is 1.71. The van der Waals surface area contributed by atoms with E-state index in [9.17, 15) is 9.59 Å². The van der Waals surface area contributed by atoms with Gasteiger partial charge < -0.3 is 20.1 Å². The molecule has 0 aliphatic carbocycles. The van der Waals surface area contributed by atoms with Crippen molar-refractivity contribution in [2.75, 3.05) is 26.8 Å². The highest BCUT2D eigenvalue weighted by Gasteiger charge is 2.20. The minimum absolute atomic E-state index is 0.0609. The topological polar surface area (TPSA) is 76.7 Å². The zero-order valence-corrected chi connectivity index (χ0v) is 13.0. The van der Waals surface area contributed by atoms with E-state index in [1.54, 1.807) is 7.11 Å². The second kappa shape index (κ2) is 7.68. The van der Waals surface area contributed by atoms with Crippen molar-refractivity contribution in [2.45, 2.75) is 19.8 Å². The molecule has 1 aromatic rings. The van der Waals surface area contributed by atoms with E-state index in [2.05, 4.69) is 10.6 Å². The van der Waals surface area contributed by atoms with Gasteiger partial charge in [-0.2, -0.15) is 0 Å². The zero-order chi connectivity index (χ0) is 15.9.